The van der Waals surface area contributed by atoms with E-state index in [9.17, 15) is 46.7 Å². The van der Waals surface area contributed by atoms with Crippen molar-refractivity contribution < 1.29 is 46.7 Å². The number of hydrogen-bond acceptors (Lipinski definition) is 7. The number of benzene rings is 1. The zero-order valence-electron chi connectivity index (χ0n) is 36.7. The van der Waals surface area contributed by atoms with E-state index in [1.807, 2.05) is 13.8 Å². The molecular formula is C43H62Cl2F3N7O7. The van der Waals surface area contributed by atoms with Gasteiger partial charge in [0.1, 0.15) is 41.2 Å². The van der Waals surface area contributed by atoms with E-state index in [1.54, 1.807) is 18.2 Å². The van der Waals surface area contributed by atoms with Crippen LogP contribution in [0.3, 0.4) is 0 Å². The molecule has 0 radical (unpaired) electrons. The average molecular weight is 917 g/mol. The average Bonchev–Trinajstić information content (AvgIpc) is 3.70. The second-order valence-corrected chi connectivity index (χ2v) is 18.8. The highest BCUT2D eigenvalue weighted by Gasteiger charge is 2.62. The third kappa shape index (κ3) is 11.9. The van der Waals surface area contributed by atoms with E-state index in [-0.39, 0.29) is 70.4 Å². The molecule has 1 saturated carbocycles. The highest BCUT2D eigenvalue weighted by atomic mass is 35.5. The first-order chi connectivity index (χ1) is 28.9. The van der Waals surface area contributed by atoms with E-state index in [4.69, 9.17) is 23.2 Å². The molecule has 3 fully saturated rings. The van der Waals surface area contributed by atoms with Crippen molar-refractivity contribution in [3.8, 4) is 0 Å². The molecule has 4 rings (SSSR count). The number of hydrogen-bond donors (Lipinski definition) is 4. The number of likely N-dealkylation sites (N-methyl/N-ethyl adjacent to an activating group) is 2. The van der Waals surface area contributed by atoms with Crippen LogP contribution >= 0.6 is 23.2 Å². The predicted octanol–water partition coefficient (Wildman–Crippen LogP) is 4.92. The van der Waals surface area contributed by atoms with Crippen LogP contribution in [0.25, 0.3) is 0 Å². The normalized spacial score (nSPS) is 24.8. The quantitative estimate of drug-likeness (QED) is 0.272. The van der Waals surface area contributed by atoms with Crippen LogP contribution in [0.1, 0.15) is 111 Å². The van der Waals surface area contributed by atoms with Gasteiger partial charge in [-0.3, -0.25) is 33.6 Å². The number of carbonyl (C=O) groups excluding carboxylic acids is 7. The van der Waals surface area contributed by atoms with E-state index >= 15 is 0 Å². The summed E-state index contributed by atoms with van der Waals surface area (Å²) in [6, 6.07) is -1.32. The van der Waals surface area contributed by atoms with Crippen LogP contribution in [-0.2, 0) is 40.0 Å². The number of alkyl halides is 3. The third-order valence-electron chi connectivity index (χ3n) is 12.4. The van der Waals surface area contributed by atoms with E-state index in [1.165, 1.54) is 39.8 Å². The van der Waals surface area contributed by atoms with Gasteiger partial charge in [0.15, 0.2) is 0 Å². The second-order valence-electron chi connectivity index (χ2n) is 18.0. The lowest BCUT2D eigenvalue weighted by atomic mass is 9.72. The molecule has 4 N–H and O–H groups in total. The first kappa shape index (κ1) is 50.5. The molecule has 346 valence electrons. The van der Waals surface area contributed by atoms with Gasteiger partial charge < -0.3 is 36.0 Å². The fourth-order valence-electron chi connectivity index (χ4n) is 8.67. The topological polar surface area (TPSA) is 177 Å². The molecule has 2 saturated heterocycles. The highest BCUT2D eigenvalue weighted by molar-refractivity contribution is 6.33. The van der Waals surface area contributed by atoms with Crippen LogP contribution in [-0.4, -0.2) is 125 Å². The molecular weight excluding hydrogens is 854 g/mol. The van der Waals surface area contributed by atoms with Gasteiger partial charge in [0.2, 0.25) is 41.4 Å². The van der Waals surface area contributed by atoms with Gasteiger partial charge in [-0.05, 0) is 102 Å². The Balaban J connectivity index is 1.59. The lowest BCUT2D eigenvalue weighted by Gasteiger charge is -2.41. The molecule has 3 aliphatic rings. The minimum atomic E-state index is -4.79. The molecule has 2 heterocycles. The molecule has 14 nitrogen and oxygen atoms in total. The van der Waals surface area contributed by atoms with Crippen molar-refractivity contribution >= 4 is 64.6 Å². The zero-order valence-corrected chi connectivity index (χ0v) is 38.2. The molecule has 1 aliphatic carbocycles. The molecule has 1 aromatic rings. The van der Waals surface area contributed by atoms with E-state index in [0.29, 0.717) is 41.3 Å². The zero-order chi connectivity index (χ0) is 46.3. The number of likely N-dealkylation sites (tertiary alicyclic amines) is 1. The molecule has 19 heteroatoms. The molecule has 5 atom stereocenters. The third-order valence-corrected chi connectivity index (χ3v) is 13.0. The smallest absolute Gasteiger partial charge is 0.354 e. The monoisotopic (exact) mass is 915 g/mol. The van der Waals surface area contributed by atoms with Gasteiger partial charge in [-0.25, -0.2) is 0 Å². The van der Waals surface area contributed by atoms with Gasteiger partial charge >= 0.3 is 6.18 Å². The summed E-state index contributed by atoms with van der Waals surface area (Å²) in [6.07, 6.45) is -3.13. The Hall–Kier alpha value is -4.12. The van der Waals surface area contributed by atoms with Gasteiger partial charge in [-0.1, -0.05) is 56.3 Å². The van der Waals surface area contributed by atoms with Gasteiger partial charge in [-0.15, -0.1) is 0 Å². The van der Waals surface area contributed by atoms with Crippen LogP contribution in [0.15, 0.2) is 18.2 Å². The fourth-order valence-corrected chi connectivity index (χ4v) is 9.06. The predicted molar refractivity (Wildman–Crippen MR) is 228 cm³/mol. The number of nitrogens with one attached hydrogen (secondary N) is 4. The summed E-state index contributed by atoms with van der Waals surface area (Å²) in [7, 11) is 2.79. The van der Waals surface area contributed by atoms with Crippen LogP contribution < -0.4 is 21.3 Å². The van der Waals surface area contributed by atoms with Gasteiger partial charge in [0.05, 0.1) is 0 Å². The van der Waals surface area contributed by atoms with Gasteiger partial charge in [0.25, 0.3) is 0 Å². The van der Waals surface area contributed by atoms with E-state index in [2.05, 4.69) is 21.3 Å². The Morgan fingerprint density at radius 1 is 0.952 bits per heavy atom. The maximum atomic E-state index is 14.5. The second kappa shape index (κ2) is 21.0. The van der Waals surface area contributed by atoms with Crippen molar-refractivity contribution in [2.45, 2.75) is 154 Å². The van der Waals surface area contributed by atoms with E-state index in [0.717, 1.165) is 9.80 Å². The minimum Gasteiger partial charge on any atom is -0.354 e. The van der Waals surface area contributed by atoms with E-state index < -0.39 is 88.7 Å². The van der Waals surface area contributed by atoms with Crippen molar-refractivity contribution in [3.63, 3.8) is 0 Å². The van der Waals surface area contributed by atoms with Gasteiger partial charge in [-0.2, -0.15) is 13.2 Å². The van der Waals surface area contributed by atoms with Crippen molar-refractivity contribution in [3.05, 3.63) is 33.8 Å². The largest absolute Gasteiger partial charge is 0.403 e. The summed E-state index contributed by atoms with van der Waals surface area (Å²) in [5.74, 6) is -5.16. The number of halogens is 5. The fraction of sp³-hybridized carbons (Fsp3) is 0.698. The molecule has 0 aromatic heterocycles. The van der Waals surface area contributed by atoms with Crippen LogP contribution in [0.5, 0.6) is 0 Å². The summed E-state index contributed by atoms with van der Waals surface area (Å²) in [5, 5.41) is 11.6. The Kier molecular flexibility index (Phi) is 17.1. The number of amides is 7. The van der Waals surface area contributed by atoms with Crippen LogP contribution in [0, 0.1) is 11.3 Å². The van der Waals surface area contributed by atoms with Crippen molar-refractivity contribution in [2.24, 2.45) is 11.3 Å². The number of nitrogens with zero attached hydrogens (tertiary/aromatic N) is 3. The summed E-state index contributed by atoms with van der Waals surface area (Å²) in [5.41, 5.74) is -3.51. The Bertz CT molecular complexity index is 1840. The molecule has 2 aliphatic heterocycles. The maximum Gasteiger partial charge on any atom is 0.403 e. The molecule has 0 bridgehead atoms. The van der Waals surface area contributed by atoms with Crippen molar-refractivity contribution in [1.82, 2.24) is 36.0 Å². The molecule has 0 spiro atoms. The SMILES string of the molecule is CC(C)C[C@@H]1NC(=O)[C@@H](N(C)C(=O)[C@H](C)NC(=O)[C@@H]2CCCN2C(=O)C2(C(F)(F)F)CCCCC2)CCCCNC(=O)C(C)(C)NC(=O)[C@H](Cc2cc(Cl)ccc2Cl)N(C)C1=O. The summed E-state index contributed by atoms with van der Waals surface area (Å²) in [6.45, 7) is 8.30. The number of carbonyl (C=O) groups is 7. The highest BCUT2D eigenvalue weighted by Crippen LogP contribution is 2.51. The lowest BCUT2D eigenvalue weighted by molar-refractivity contribution is -0.236. The molecule has 1 aromatic carbocycles. The summed E-state index contributed by atoms with van der Waals surface area (Å²) < 4.78 is 43.4. The number of rotatable bonds is 9. The first-order valence-corrected chi connectivity index (χ1v) is 22.2. The first-order valence-electron chi connectivity index (χ1n) is 21.5. The van der Waals surface area contributed by atoms with Gasteiger partial charge in [0, 0.05) is 43.7 Å². The van der Waals surface area contributed by atoms with Crippen LogP contribution in [0.4, 0.5) is 13.2 Å². The lowest BCUT2D eigenvalue weighted by Crippen LogP contribution is -2.62. The Morgan fingerprint density at radius 2 is 1.61 bits per heavy atom. The minimum absolute atomic E-state index is 0.0254. The maximum absolute atomic E-state index is 14.5. The Labute approximate surface area is 372 Å². The summed E-state index contributed by atoms with van der Waals surface area (Å²) >= 11 is 12.8. The van der Waals surface area contributed by atoms with Crippen molar-refractivity contribution in [2.75, 3.05) is 27.2 Å². The molecule has 62 heavy (non-hydrogen) atoms. The summed E-state index contributed by atoms with van der Waals surface area (Å²) in [4.78, 5) is 101. The standard InChI is InChI=1S/C43H62Cl2F3N7O7/c1-25(2)22-30-38(60)54(7)33(24-27-23-28(44)16-17-29(27)45)36(58)52-41(4,5)39(61)49-20-12-9-14-31(34(56)51-30)53(6)37(59)26(3)50-35(57)32-15-13-21-55(32)40(62)42(43(46,47)48)18-10-8-11-19-42/h16-17,23,25-26,30-33H,8-15,18-22,24H2,1-7H3,(H,49,61)(H,50,57)(H,51,56)(H,52,58)/t26-,30-,31-,32-,33-/m0/s1. The molecule has 7 amide bonds. The van der Waals surface area contributed by atoms with Crippen LogP contribution in [0.2, 0.25) is 10.0 Å². The Morgan fingerprint density at radius 3 is 2.24 bits per heavy atom. The van der Waals surface area contributed by atoms with Crippen molar-refractivity contribution in [1.29, 1.82) is 0 Å². The molecule has 0 unspecified atom stereocenters.